The van der Waals surface area contributed by atoms with Gasteiger partial charge in [0.25, 0.3) is 0 Å². The van der Waals surface area contributed by atoms with Crippen LogP contribution in [0.1, 0.15) is 20.3 Å². The minimum atomic E-state index is -0.537. The number of halogens is 4. The lowest BCUT2D eigenvalue weighted by Crippen LogP contribution is -2.34. The van der Waals surface area contributed by atoms with Crippen molar-refractivity contribution in [1.82, 2.24) is 0 Å². The normalized spacial score (nSPS) is 19.9. The Morgan fingerprint density at radius 3 is 2.53 bits per heavy atom. The Morgan fingerprint density at radius 2 is 2.13 bits per heavy atom. The molecule has 0 bridgehead atoms. The number of rotatable bonds is 5. The fraction of sp³-hybridized carbons (Fsp3) is 0.600. The first-order valence-electron chi connectivity index (χ1n) is 4.41. The van der Waals surface area contributed by atoms with Gasteiger partial charge in [-0.2, -0.15) is 0 Å². The Hall–Kier alpha value is 0.980. The molecule has 0 saturated carbocycles. The molecule has 0 amide bonds. The second-order valence-electron chi connectivity index (χ2n) is 3.51. The van der Waals surface area contributed by atoms with Crippen molar-refractivity contribution < 1.29 is 5.11 Å². The van der Waals surface area contributed by atoms with Gasteiger partial charge in [0.15, 0.2) is 0 Å². The van der Waals surface area contributed by atoms with E-state index in [1.165, 1.54) is 0 Å². The summed E-state index contributed by atoms with van der Waals surface area (Å²) < 4.78 is -0.462. The molecule has 0 aromatic heterocycles. The number of aliphatic hydroxyl groups is 1. The standard InChI is InChI=1S/C10H14Br2Cl2O/c1-7(8(14)5-11)3-4-9(15)10(2,12)6-13/h3,5,9,15H,4,6H2,1-2H3/b7-3-,8-5-/t9-,10?/m1/s1. The molecule has 1 nitrogen and oxygen atoms in total. The maximum absolute atomic E-state index is 9.83. The zero-order chi connectivity index (χ0) is 12.1. The maximum Gasteiger partial charge on any atom is 0.0736 e. The van der Waals surface area contributed by atoms with E-state index in [0.29, 0.717) is 17.3 Å². The van der Waals surface area contributed by atoms with E-state index >= 15 is 0 Å². The molecule has 0 heterocycles. The molecule has 0 aromatic carbocycles. The monoisotopic (exact) mass is 378 g/mol. The predicted molar refractivity (Wildman–Crippen MR) is 75.3 cm³/mol. The van der Waals surface area contributed by atoms with E-state index in [1.807, 2.05) is 19.9 Å². The van der Waals surface area contributed by atoms with Gasteiger partial charge in [0.1, 0.15) is 0 Å². The first kappa shape index (κ1) is 16.0. The summed E-state index contributed by atoms with van der Waals surface area (Å²) in [5, 5.41) is 10.5. The highest BCUT2D eigenvalue weighted by Gasteiger charge is 2.28. The summed E-state index contributed by atoms with van der Waals surface area (Å²) in [7, 11) is 0. The second kappa shape index (κ2) is 7.33. The molecule has 5 heteroatoms. The number of hydrogen-bond donors (Lipinski definition) is 1. The van der Waals surface area contributed by atoms with Crippen LogP contribution in [0.2, 0.25) is 0 Å². The first-order valence-corrected chi connectivity index (χ1v) is 7.03. The van der Waals surface area contributed by atoms with Gasteiger partial charge in [-0.15, -0.1) is 11.6 Å². The molecule has 0 spiro atoms. The van der Waals surface area contributed by atoms with Crippen LogP contribution in [0.4, 0.5) is 0 Å². The average Bonchev–Trinajstić information content (AvgIpc) is 2.23. The van der Waals surface area contributed by atoms with E-state index in [0.717, 1.165) is 5.57 Å². The summed E-state index contributed by atoms with van der Waals surface area (Å²) in [4.78, 5) is 1.64. The quantitative estimate of drug-likeness (QED) is 0.548. The number of aliphatic hydroxyl groups excluding tert-OH is 1. The first-order chi connectivity index (χ1) is 6.85. The molecular formula is C10H14Br2Cl2O. The van der Waals surface area contributed by atoms with Crippen LogP contribution in [0.3, 0.4) is 0 Å². The van der Waals surface area contributed by atoms with Crippen LogP contribution in [0.25, 0.3) is 0 Å². The van der Waals surface area contributed by atoms with Crippen LogP contribution in [0.5, 0.6) is 0 Å². The Labute approximate surface area is 118 Å². The topological polar surface area (TPSA) is 20.2 Å². The zero-order valence-electron chi connectivity index (χ0n) is 8.61. The molecule has 1 unspecified atom stereocenters. The third-order valence-corrected chi connectivity index (χ3v) is 4.89. The number of allylic oxidation sites excluding steroid dienone is 2. The van der Waals surface area contributed by atoms with E-state index in [1.54, 1.807) is 4.99 Å². The van der Waals surface area contributed by atoms with Gasteiger partial charge in [-0.3, -0.25) is 0 Å². The highest BCUT2D eigenvalue weighted by Crippen LogP contribution is 2.27. The van der Waals surface area contributed by atoms with Crippen molar-refractivity contribution in [3.63, 3.8) is 0 Å². The van der Waals surface area contributed by atoms with Gasteiger partial charge in [-0.1, -0.05) is 49.5 Å². The number of alkyl halides is 2. The van der Waals surface area contributed by atoms with Gasteiger partial charge in [0.05, 0.1) is 15.5 Å². The van der Waals surface area contributed by atoms with Crippen molar-refractivity contribution in [2.75, 3.05) is 5.88 Å². The lowest BCUT2D eigenvalue weighted by molar-refractivity contribution is 0.149. The van der Waals surface area contributed by atoms with E-state index in [-0.39, 0.29) is 0 Å². The number of hydrogen-bond acceptors (Lipinski definition) is 1. The SMILES string of the molecule is CC(=C/C[C@@H](O)C(C)(Br)CCl)/C(Cl)=C/Br. The molecule has 2 atom stereocenters. The largest absolute Gasteiger partial charge is 0.391 e. The minimum absolute atomic E-state index is 0.350. The van der Waals surface area contributed by atoms with Gasteiger partial charge in [0.2, 0.25) is 0 Å². The lowest BCUT2D eigenvalue weighted by Gasteiger charge is -2.25. The Bertz CT molecular complexity index is 262. The van der Waals surface area contributed by atoms with Crippen LogP contribution < -0.4 is 0 Å². The van der Waals surface area contributed by atoms with Gasteiger partial charge >= 0.3 is 0 Å². The molecule has 0 radical (unpaired) electrons. The van der Waals surface area contributed by atoms with E-state index in [9.17, 15) is 5.11 Å². The van der Waals surface area contributed by atoms with E-state index in [2.05, 4.69) is 31.9 Å². The molecule has 0 saturated heterocycles. The molecule has 0 aliphatic rings. The summed E-state index contributed by atoms with van der Waals surface area (Å²) in [6.45, 7) is 3.74. The Morgan fingerprint density at radius 1 is 1.60 bits per heavy atom. The molecule has 0 aliphatic carbocycles. The van der Waals surface area contributed by atoms with Crippen molar-refractivity contribution in [2.45, 2.75) is 30.7 Å². The highest BCUT2D eigenvalue weighted by atomic mass is 79.9. The molecular weight excluding hydrogens is 367 g/mol. The zero-order valence-corrected chi connectivity index (χ0v) is 13.3. The smallest absolute Gasteiger partial charge is 0.0736 e. The van der Waals surface area contributed by atoms with Gasteiger partial charge in [-0.05, 0) is 25.8 Å². The van der Waals surface area contributed by atoms with Gasteiger partial charge < -0.3 is 5.11 Å². The maximum atomic E-state index is 9.83. The third-order valence-electron chi connectivity index (χ3n) is 2.08. The molecule has 0 aromatic rings. The summed E-state index contributed by atoms with van der Waals surface area (Å²) in [5.41, 5.74) is 0.922. The van der Waals surface area contributed by atoms with Crippen molar-refractivity contribution in [3.05, 3.63) is 21.7 Å². The Balaban J connectivity index is 4.39. The van der Waals surface area contributed by atoms with Crippen LogP contribution in [0, 0.1) is 0 Å². The molecule has 1 N–H and O–H groups in total. The molecule has 0 rings (SSSR count). The molecule has 88 valence electrons. The van der Waals surface area contributed by atoms with Crippen molar-refractivity contribution in [3.8, 4) is 0 Å². The predicted octanol–water partition coefficient (Wildman–Crippen LogP) is 4.55. The summed E-state index contributed by atoms with van der Waals surface area (Å²) in [6.07, 6.45) is 1.86. The summed E-state index contributed by atoms with van der Waals surface area (Å²) in [5.74, 6) is 0.350. The van der Waals surface area contributed by atoms with E-state index < -0.39 is 10.4 Å². The van der Waals surface area contributed by atoms with Crippen LogP contribution >= 0.6 is 55.1 Å². The van der Waals surface area contributed by atoms with Crippen molar-refractivity contribution >= 4 is 55.1 Å². The summed E-state index contributed by atoms with van der Waals surface area (Å²) in [6, 6.07) is 0. The van der Waals surface area contributed by atoms with E-state index in [4.69, 9.17) is 23.2 Å². The molecule has 15 heavy (non-hydrogen) atoms. The summed E-state index contributed by atoms with van der Waals surface area (Å²) >= 11 is 18.1. The lowest BCUT2D eigenvalue weighted by atomic mass is 10.0. The minimum Gasteiger partial charge on any atom is -0.391 e. The third kappa shape index (κ3) is 5.73. The fourth-order valence-electron chi connectivity index (χ4n) is 0.807. The highest BCUT2D eigenvalue weighted by molar-refractivity contribution is 9.11. The van der Waals surface area contributed by atoms with Crippen LogP contribution in [-0.2, 0) is 0 Å². The van der Waals surface area contributed by atoms with Gasteiger partial charge in [-0.25, -0.2) is 0 Å². The molecule has 0 fully saturated rings. The van der Waals surface area contributed by atoms with Crippen LogP contribution in [0.15, 0.2) is 21.7 Å². The average molecular weight is 381 g/mol. The van der Waals surface area contributed by atoms with Crippen LogP contribution in [-0.4, -0.2) is 21.4 Å². The van der Waals surface area contributed by atoms with Crippen molar-refractivity contribution in [1.29, 1.82) is 0 Å². The second-order valence-corrected chi connectivity index (χ2v) is 6.45. The Kier molecular flexibility index (Phi) is 7.81. The molecule has 0 aliphatic heterocycles. The fourth-order valence-corrected chi connectivity index (χ4v) is 1.61. The van der Waals surface area contributed by atoms with Gasteiger partial charge in [0, 0.05) is 10.9 Å². The van der Waals surface area contributed by atoms with Crippen molar-refractivity contribution in [2.24, 2.45) is 0 Å².